The van der Waals surface area contributed by atoms with E-state index in [9.17, 15) is 0 Å². The number of ether oxygens (including phenoxy) is 2. The van der Waals surface area contributed by atoms with Crippen LogP contribution in [0.3, 0.4) is 0 Å². The van der Waals surface area contributed by atoms with Gasteiger partial charge in [0.05, 0.1) is 18.6 Å². The number of aromatic nitrogens is 2. The van der Waals surface area contributed by atoms with Crippen LogP contribution in [0, 0.1) is 5.92 Å². The number of aryl methyl sites for hydroxylation is 2. The van der Waals surface area contributed by atoms with Crippen molar-refractivity contribution in [2.24, 2.45) is 5.92 Å². The van der Waals surface area contributed by atoms with Gasteiger partial charge in [-0.3, -0.25) is 0 Å². The molecule has 5 nitrogen and oxygen atoms in total. The van der Waals surface area contributed by atoms with Crippen molar-refractivity contribution < 1.29 is 9.47 Å². The fourth-order valence-corrected chi connectivity index (χ4v) is 4.64. The predicted molar refractivity (Wildman–Crippen MR) is 92.3 cm³/mol. The molecule has 2 aromatic heterocycles. The van der Waals surface area contributed by atoms with E-state index in [4.69, 9.17) is 9.47 Å². The van der Waals surface area contributed by atoms with E-state index in [1.54, 1.807) is 6.33 Å². The first-order valence-corrected chi connectivity index (χ1v) is 9.38. The number of hydrogen-bond acceptors (Lipinski definition) is 6. The molecule has 2 aromatic rings. The van der Waals surface area contributed by atoms with E-state index in [-0.39, 0.29) is 0 Å². The van der Waals surface area contributed by atoms with Crippen molar-refractivity contribution in [3.63, 3.8) is 0 Å². The summed E-state index contributed by atoms with van der Waals surface area (Å²) >= 11 is 1.83. The van der Waals surface area contributed by atoms with Gasteiger partial charge in [0.15, 0.2) is 0 Å². The van der Waals surface area contributed by atoms with E-state index in [2.05, 4.69) is 15.3 Å². The van der Waals surface area contributed by atoms with Crippen LogP contribution in [-0.2, 0) is 22.3 Å². The zero-order chi connectivity index (χ0) is 15.5. The Morgan fingerprint density at radius 1 is 1.35 bits per heavy atom. The fourth-order valence-electron chi connectivity index (χ4n) is 3.41. The molecule has 1 atom stereocenters. The smallest absolute Gasteiger partial charge is 0.138 e. The van der Waals surface area contributed by atoms with Crippen LogP contribution in [0.15, 0.2) is 6.33 Å². The van der Waals surface area contributed by atoms with Crippen molar-refractivity contribution in [1.82, 2.24) is 9.97 Å². The molecule has 4 rings (SSSR count). The number of anilines is 1. The van der Waals surface area contributed by atoms with E-state index < -0.39 is 0 Å². The minimum atomic E-state index is 0.595. The molecule has 1 aliphatic carbocycles. The Bertz CT molecular complexity index is 667. The van der Waals surface area contributed by atoms with Crippen molar-refractivity contribution in [3.8, 4) is 0 Å². The number of thiophene rings is 1. The number of fused-ring (bicyclic) bond motifs is 3. The van der Waals surface area contributed by atoms with Gasteiger partial charge in [0.1, 0.15) is 17.0 Å². The second kappa shape index (κ2) is 7.11. The van der Waals surface area contributed by atoms with Crippen LogP contribution in [0.5, 0.6) is 0 Å². The first kappa shape index (κ1) is 15.3. The molecule has 2 aliphatic rings. The highest BCUT2D eigenvalue weighted by Crippen LogP contribution is 2.38. The fraction of sp³-hybridized carbons (Fsp3) is 0.647. The molecule has 0 aromatic carbocycles. The molecular formula is C17H23N3O2S. The summed E-state index contributed by atoms with van der Waals surface area (Å²) in [5, 5.41) is 4.74. The van der Waals surface area contributed by atoms with Crippen LogP contribution in [0.25, 0.3) is 10.2 Å². The molecule has 0 amide bonds. The largest absolute Gasteiger partial charge is 0.381 e. The van der Waals surface area contributed by atoms with Crippen LogP contribution < -0.4 is 5.32 Å². The van der Waals surface area contributed by atoms with Crippen molar-refractivity contribution >= 4 is 27.4 Å². The second-order valence-corrected chi connectivity index (χ2v) is 7.43. The number of nitrogens with zero attached hydrogens (tertiary/aromatic N) is 2. The van der Waals surface area contributed by atoms with Gasteiger partial charge in [0.25, 0.3) is 0 Å². The van der Waals surface area contributed by atoms with Gasteiger partial charge in [0, 0.05) is 30.6 Å². The molecule has 3 heterocycles. The highest BCUT2D eigenvalue weighted by atomic mass is 32.1. The van der Waals surface area contributed by atoms with Crippen molar-refractivity contribution in [3.05, 3.63) is 16.8 Å². The van der Waals surface area contributed by atoms with Gasteiger partial charge in [0.2, 0.25) is 0 Å². The molecule has 1 N–H and O–H groups in total. The van der Waals surface area contributed by atoms with Gasteiger partial charge in [-0.25, -0.2) is 9.97 Å². The van der Waals surface area contributed by atoms with E-state index in [0.29, 0.717) is 5.92 Å². The Hall–Kier alpha value is -1.24. The Balaban J connectivity index is 1.28. The third-order valence-corrected chi connectivity index (χ3v) is 5.84. The van der Waals surface area contributed by atoms with Gasteiger partial charge in [-0.05, 0) is 37.7 Å². The molecule has 1 aliphatic heterocycles. The number of hydrogen-bond donors (Lipinski definition) is 1. The third kappa shape index (κ3) is 3.34. The Morgan fingerprint density at radius 3 is 3.26 bits per heavy atom. The first-order valence-electron chi connectivity index (χ1n) is 8.56. The quantitative estimate of drug-likeness (QED) is 0.789. The third-order valence-electron chi connectivity index (χ3n) is 4.64. The zero-order valence-electron chi connectivity index (χ0n) is 13.3. The molecule has 1 fully saturated rings. The normalized spacial score (nSPS) is 20.3. The summed E-state index contributed by atoms with van der Waals surface area (Å²) in [6.45, 7) is 4.26. The monoisotopic (exact) mass is 333 g/mol. The van der Waals surface area contributed by atoms with E-state index in [1.807, 2.05) is 11.3 Å². The molecule has 0 radical (unpaired) electrons. The highest BCUT2D eigenvalue weighted by Gasteiger charge is 2.21. The van der Waals surface area contributed by atoms with Crippen molar-refractivity contribution in [2.75, 3.05) is 38.3 Å². The number of nitrogens with one attached hydrogen (secondary N) is 1. The lowest BCUT2D eigenvalue weighted by atomic mass is 10.1. The van der Waals surface area contributed by atoms with Crippen LogP contribution in [0.1, 0.15) is 29.7 Å². The Morgan fingerprint density at radius 2 is 2.35 bits per heavy atom. The molecular weight excluding hydrogens is 310 g/mol. The maximum Gasteiger partial charge on any atom is 0.138 e. The second-order valence-electron chi connectivity index (χ2n) is 6.34. The summed E-state index contributed by atoms with van der Waals surface area (Å²) in [6.07, 6.45) is 7.45. The topological polar surface area (TPSA) is 56.3 Å². The van der Waals surface area contributed by atoms with Gasteiger partial charge in [-0.15, -0.1) is 11.3 Å². The van der Waals surface area contributed by atoms with E-state index >= 15 is 0 Å². The minimum Gasteiger partial charge on any atom is -0.381 e. The van der Waals surface area contributed by atoms with Gasteiger partial charge >= 0.3 is 0 Å². The van der Waals surface area contributed by atoms with Crippen LogP contribution >= 0.6 is 11.3 Å². The molecule has 0 bridgehead atoms. The summed E-state index contributed by atoms with van der Waals surface area (Å²) in [5.41, 5.74) is 1.48. The van der Waals surface area contributed by atoms with Crippen molar-refractivity contribution in [1.29, 1.82) is 0 Å². The average molecular weight is 333 g/mol. The average Bonchev–Trinajstić information content (AvgIpc) is 3.27. The number of rotatable bonds is 7. The summed E-state index contributed by atoms with van der Waals surface area (Å²) in [7, 11) is 0. The molecule has 1 unspecified atom stereocenters. The summed E-state index contributed by atoms with van der Waals surface area (Å²) in [6, 6.07) is 0. The van der Waals surface area contributed by atoms with Gasteiger partial charge in [-0.1, -0.05) is 0 Å². The maximum absolute atomic E-state index is 5.75. The lowest BCUT2D eigenvalue weighted by molar-refractivity contribution is 0.0897. The summed E-state index contributed by atoms with van der Waals surface area (Å²) in [4.78, 5) is 11.5. The maximum atomic E-state index is 5.75. The van der Waals surface area contributed by atoms with Gasteiger partial charge < -0.3 is 14.8 Å². The van der Waals surface area contributed by atoms with Crippen molar-refractivity contribution in [2.45, 2.75) is 32.1 Å². The van der Waals surface area contributed by atoms with E-state index in [1.165, 1.54) is 35.1 Å². The standard InChI is InChI=1S/C17H23N3O2S/c1-3-13-14(4-1)23-17-15(13)16(19-11-20-17)18-6-2-7-21-9-12-5-8-22-10-12/h11-12H,1-10H2,(H,18,19,20). The lowest BCUT2D eigenvalue weighted by Gasteiger charge is -2.10. The van der Waals surface area contributed by atoms with Crippen LogP contribution in [0.2, 0.25) is 0 Å². The molecule has 23 heavy (non-hydrogen) atoms. The SMILES string of the molecule is c1nc(NCCCOCC2CCOC2)c2c3c(sc2n1)CCC3. The first-order chi connectivity index (χ1) is 11.4. The molecule has 6 heteroatoms. The Labute approximate surface area is 140 Å². The minimum absolute atomic E-state index is 0.595. The highest BCUT2D eigenvalue weighted by molar-refractivity contribution is 7.19. The molecule has 0 spiro atoms. The predicted octanol–water partition coefficient (Wildman–Crippen LogP) is 3.04. The van der Waals surface area contributed by atoms with Crippen LogP contribution in [0.4, 0.5) is 5.82 Å². The van der Waals surface area contributed by atoms with E-state index in [0.717, 1.165) is 56.5 Å². The molecule has 0 saturated carbocycles. The van der Waals surface area contributed by atoms with Gasteiger partial charge in [-0.2, -0.15) is 0 Å². The molecule has 124 valence electrons. The van der Waals surface area contributed by atoms with Crippen LogP contribution in [-0.4, -0.2) is 42.9 Å². The summed E-state index contributed by atoms with van der Waals surface area (Å²) in [5.74, 6) is 1.59. The zero-order valence-corrected chi connectivity index (χ0v) is 14.2. The lowest BCUT2D eigenvalue weighted by Crippen LogP contribution is -2.12. The molecule has 1 saturated heterocycles. The Kier molecular flexibility index (Phi) is 4.73. The summed E-state index contributed by atoms with van der Waals surface area (Å²) < 4.78 is 11.1.